The van der Waals surface area contributed by atoms with Crippen molar-refractivity contribution in [3.05, 3.63) is 35.9 Å². The van der Waals surface area contributed by atoms with Gasteiger partial charge in [-0.2, -0.15) is 0 Å². The third-order valence-electron chi connectivity index (χ3n) is 5.39. The lowest BCUT2D eigenvalue weighted by Gasteiger charge is -2.16. The topological polar surface area (TPSA) is 0 Å². The number of benzene rings is 1. The summed E-state index contributed by atoms with van der Waals surface area (Å²) in [5, 5.41) is 0. The van der Waals surface area contributed by atoms with Gasteiger partial charge in [-0.25, -0.2) is 0 Å². The first kappa shape index (κ1) is 14.3. The highest BCUT2D eigenvalue weighted by Gasteiger charge is 2.66. The van der Waals surface area contributed by atoms with Gasteiger partial charge in [-0.05, 0) is 55.1 Å². The van der Waals surface area contributed by atoms with E-state index in [4.69, 9.17) is 0 Å². The molecule has 0 radical (unpaired) electrons. The Balaban J connectivity index is 1.72. The van der Waals surface area contributed by atoms with Crippen molar-refractivity contribution < 1.29 is 0 Å². The van der Waals surface area contributed by atoms with Gasteiger partial charge in [0, 0.05) is 11.0 Å². The summed E-state index contributed by atoms with van der Waals surface area (Å²) in [5.74, 6) is 13.0. The van der Waals surface area contributed by atoms with Crippen LogP contribution >= 0.6 is 0 Å². The van der Waals surface area contributed by atoms with E-state index in [0.29, 0.717) is 10.8 Å². The molecule has 2 aliphatic rings. The number of rotatable bonds is 3. The molecule has 2 aliphatic carbocycles. The molecule has 21 heavy (non-hydrogen) atoms. The number of unbranched alkanes of at least 4 members (excludes halogenated alkanes) is 1. The van der Waals surface area contributed by atoms with E-state index >= 15 is 0 Å². The molecule has 0 bridgehead atoms. The lowest BCUT2D eigenvalue weighted by Crippen LogP contribution is -2.09. The molecule has 0 aromatic heterocycles. The Morgan fingerprint density at radius 3 is 2.52 bits per heavy atom. The van der Waals surface area contributed by atoms with Crippen molar-refractivity contribution in [2.45, 2.75) is 58.3 Å². The molecule has 2 fully saturated rings. The smallest absolute Gasteiger partial charge is 0.0387 e. The predicted molar refractivity (Wildman–Crippen MR) is 88.6 cm³/mol. The highest BCUT2D eigenvalue weighted by molar-refractivity contribution is 5.42. The van der Waals surface area contributed by atoms with Gasteiger partial charge in [-0.1, -0.05) is 62.6 Å². The fraction of sp³-hybridized carbons (Fsp3) is 0.524. The normalized spacial score (nSPS) is 24.8. The van der Waals surface area contributed by atoms with E-state index in [2.05, 4.69) is 30.6 Å². The highest BCUT2D eigenvalue weighted by atomic mass is 14.7. The quantitative estimate of drug-likeness (QED) is 0.667. The first-order valence-corrected chi connectivity index (χ1v) is 8.39. The van der Waals surface area contributed by atoms with Crippen LogP contribution in [0.1, 0.15) is 63.9 Å². The third-order valence-corrected chi connectivity index (χ3v) is 5.39. The van der Waals surface area contributed by atoms with E-state index in [1.807, 2.05) is 30.3 Å². The Kier molecular flexibility index (Phi) is 4.07. The van der Waals surface area contributed by atoms with Gasteiger partial charge in [-0.3, -0.25) is 0 Å². The summed E-state index contributed by atoms with van der Waals surface area (Å²) in [4.78, 5) is 0. The molecule has 1 aromatic rings. The summed E-state index contributed by atoms with van der Waals surface area (Å²) in [6.07, 6.45) is 10.8. The molecule has 0 saturated heterocycles. The van der Waals surface area contributed by atoms with E-state index in [-0.39, 0.29) is 0 Å². The molecule has 0 heterocycles. The predicted octanol–water partition coefficient (Wildman–Crippen LogP) is 5.18. The minimum atomic E-state index is 0.310. The van der Waals surface area contributed by atoms with Gasteiger partial charge in [0.1, 0.15) is 0 Å². The van der Waals surface area contributed by atoms with Crippen LogP contribution in [0.2, 0.25) is 0 Å². The van der Waals surface area contributed by atoms with Crippen LogP contribution in [-0.4, -0.2) is 0 Å². The Bertz CT molecular complexity index is 596. The van der Waals surface area contributed by atoms with Crippen LogP contribution in [0.4, 0.5) is 0 Å². The van der Waals surface area contributed by atoms with Crippen LogP contribution in [0.25, 0.3) is 0 Å². The minimum Gasteiger partial charge on any atom is -0.0817 e. The van der Waals surface area contributed by atoms with Crippen molar-refractivity contribution in [2.24, 2.45) is 10.8 Å². The van der Waals surface area contributed by atoms with Gasteiger partial charge < -0.3 is 0 Å². The van der Waals surface area contributed by atoms with Gasteiger partial charge in [0.05, 0.1) is 0 Å². The van der Waals surface area contributed by atoms with Crippen molar-refractivity contribution in [3.8, 4) is 23.7 Å². The second-order valence-electron chi connectivity index (χ2n) is 6.72. The van der Waals surface area contributed by atoms with E-state index in [0.717, 1.165) is 5.56 Å². The largest absolute Gasteiger partial charge is 0.0817 e. The van der Waals surface area contributed by atoms with Gasteiger partial charge >= 0.3 is 0 Å². The minimum absolute atomic E-state index is 0.310. The molecule has 1 atom stereocenters. The van der Waals surface area contributed by atoms with E-state index < -0.39 is 0 Å². The van der Waals surface area contributed by atoms with Crippen LogP contribution in [0.3, 0.4) is 0 Å². The summed E-state index contributed by atoms with van der Waals surface area (Å²) in [7, 11) is 0. The van der Waals surface area contributed by atoms with Crippen LogP contribution in [0.5, 0.6) is 0 Å². The summed E-state index contributed by atoms with van der Waals surface area (Å²) in [5.41, 5.74) is 1.94. The van der Waals surface area contributed by atoms with Crippen molar-refractivity contribution in [1.82, 2.24) is 0 Å². The van der Waals surface area contributed by atoms with E-state index in [9.17, 15) is 0 Å². The lowest BCUT2D eigenvalue weighted by atomic mass is 9.87. The maximum Gasteiger partial charge on any atom is 0.0387 e. The van der Waals surface area contributed by atoms with Crippen LogP contribution in [0, 0.1) is 34.5 Å². The molecular weight excluding hydrogens is 252 g/mol. The molecule has 3 rings (SSSR count). The van der Waals surface area contributed by atoms with E-state index in [1.54, 1.807) is 0 Å². The molecule has 2 saturated carbocycles. The zero-order valence-electron chi connectivity index (χ0n) is 13.0. The Morgan fingerprint density at radius 1 is 1.05 bits per heavy atom. The Labute approximate surface area is 129 Å². The zero-order valence-corrected chi connectivity index (χ0v) is 13.0. The summed E-state index contributed by atoms with van der Waals surface area (Å²) in [6, 6.07) is 10.1. The van der Waals surface area contributed by atoms with Crippen molar-refractivity contribution in [2.75, 3.05) is 0 Å². The van der Waals surface area contributed by atoms with Crippen molar-refractivity contribution in [3.63, 3.8) is 0 Å². The molecule has 1 aromatic carbocycles. The molecule has 1 unspecified atom stereocenters. The summed E-state index contributed by atoms with van der Waals surface area (Å²) in [6.45, 7) is 2.28. The standard InChI is InChI=1S/C21H24/c1-2-3-14-20(18-21(20)16-9-10-17-21)15-8-7-13-19-11-5-4-6-12-19/h4-6,11-12H,2-3,9-10,14,16-18H2,1H3. The lowest BCUT2D eigenvalue weighted by molar-refractivity contribution is 0.384. The average Bonchev–Trinajstić information content (AvgIpc) is 2.86. The molecular formula is C21H24. The van der Waals surface area contributed by atoms with Crippen molar-refractivity contribution in [1.29, 1.82) is 0 Å². The van der Waals surface area contributed by atoms with Crippen LogP contribution < -0.4 is 0 Å². The third kappa shape index (κ3) is 2.87. The second kappa shape index (κ2) is 5.99. The maximum atomic E-state index is 3.58. The first-order valence-electron chi connectivity index (χ1n) is 8.39. The molecule has 0 amide bonds. The molecule has 1 spiro atoms. The first-order chi connectivity index (χ1) is 10.3. The van der Waals surface area contributed by atoms with Gasteiger partial charge in [0.25, 0.3) is 0 Å². The number of hydrogen-bond acceptors (Lipinski definition) is 0. The molecule has 0 heteroatoms. The SMILES string of the molecule is CCCCC1(C#CC#Cc2ccccc2)CC12CCCC2. The molecule has 0 nitrogen and oxygen atoms in total. The Hall–Kier alpha value is -1.66. The second-order valence-corrected chi connectivity index (χ2v) is 6.72. The molecule has 0 N–H and O–H groups in total. The fourth-order valence-electron chi connectivity index (χ4n) is 4.09. The van der Waals surface area contributed by atoms with Gasteiger partial charge in [0.15, 0.2) is 0 Å². The van der Waals surface area contributed by atoms with Gasteiger partial charge in [0.2, 0.25) is 0 Å². The summed E-state index contributed by atoms with van der Waals surface area (Å²) < 4.78 is 0. The van der Waals surface area contributed by atoms with Crippen LogP contribution in [-0.2, 0) is 0 Å². The Morgan fingerprint density at radius 2 is 1.81 bits per heavy atom. The molecule has 0 aliphatic heterocycles. The fourth-order valence-corrected chi connectivity index (χ4v) is 4.09. The summed E-state index contributed by atoms with van der Waals surface area (Å²) >= 11 is 0. The zero-order chi connectivity index (χ0) is 14.6. The van der Waals surface area contributed by atoms with E-state index in [1.165, 1.54) is 51.4 Å². The number of hydrogen-bond donors (Lipinski definition) is 0. The molecule has 108 valence electrons. The average molecular weight is 276 g/mol. The highest BCUT2D eigenvalue weighted by Crippen LogP contribution is 2.73. The van der Waals surface area contributed by atoms with Crippen LogP contribution in [0.15, 0.2) is 30.3 Å². The maximum absolute atomic E-state index is 3.58. The van der Waals surface area contributed by atoms with Crippen molar-refractivity contribution >= 4 is 0 Å². The monoisotopic (exact) mass is 276 g/mol. The van der Waals surface area contributed by atoms with Gasteiger partial charge in [-0.15, -0.1) is 0 Å².